The topological polar surface area (TPSA) is 58.6 Å². The first-order chi connectivity index (χ1) is 9.61. The third-order valence-corrected chi connectivity index (χ3v) is 3.63. The fraction of sp³-hybridized carbons (Fsp3) is 0.429. The lowest BCUT2D eigenvalue weighted by atomic mass is 9.97. The molecule has 2 amide bonds. The van der Waals surface area contributed by atoms with Crippen LogP contribution in [0.3, 0.4) is 0 Å². The number of hydrogen-bond acceptors (Lipinski definition) is 3. The summed E-state index contributed by atoms with van der Waals surface area (Å²) in [6.45, 7) is 1.08. The standard InChI is InChI=1S/C14H17ClN2O3/c1-20-16-13(18)11-3-2-8-17(9-11)14(19)10-4-6-12(15)7-5-10/h4-7,11H,2-3,8-9H2,1H3,(H,16,18). The Labute approximate surface area is 122 Å². The van der Waals surface area contributed by atoms with E-state index >= 15 is 0 Å². The molecule has 0 spiro atoms. The molecule has 1 saturated heterocycles. The Morgan fingerprint density at radius 1 is 1.35 bits per heavy atom. The maximum atomic E-state index is 12.4. The Morgan fingerprint density at radius 2 is 2.05 bits per heavy atom. The van der Waals surface area contributed by atoms with E-state index in [1.165, 1.54) is 7.11 Å². The lowest BCUT2D eigenvalue weighted by Gasteiger charge is -2.31. The summed E-state index contributed by atoms with van der Waals surface area (Å²) in [5.74, 6) is -0.474. The molecule has 108 valence electrons. The summed E-state index contributed by atoms with van der Waals surface area (Å²) >= 11 is 5.81. The average Bonchev–Trinajstić information content (AvgIpc) is 2.48. The molecule has 1 aromatic carbocycles. The van der Waals surface area contributed by atoms with E-state index in [9.17, 15) is 9.59 Å². The van der Waals surface area contributed by atoms with Crippen molar-refractivity contribution in [2.24, 2.45) is 5.92 Å². The van der Waals surface area contributed by atoms with Gasteiger partial charge in [-0.25, -0.2) is 5.48 Å². The summed E-state index contributed by atoms with van der Waals surface area (Å²) in [6, 6.07) is 6.77. The fourth-order valence-electron chi connectivity index (χ4n) is 2.33. The first-order valence-electron chi connectivity index (χ1n) is 6.49. The van der Waals surface area contributed by atoms with Crippen LogP contribution in [0.15, 0.2) is 24.3 Å². The second kappa shape index (κ2) is 6.72. The van der Waals surface area contributed by atoms with E-state index < -0.39 is 0 Å². The second-order valence-corrected chi connectivity index (χ2v) is 5.20. The van der Waals surface area contributed by atoms with Crippen LogP contribution in [-0.4, -0.2) is 36.9 Å². The monoisotopic (exact) mass is 296 g/mol. The van der Waals surface area contributed by atoms with Crippen molar-refractivity contribution >= 4 is 23.4 Å². The van der Waals surface area contributed by atoms with Crippen molar-refractivity contribution in [1.29, 1.82) is 0 Å². The van der Waals surface area contributed by atoms with E-state index in [0.717, 1.165) is 12.8 Å². The van der Waals surface area contributed by atoms with Crippen LogP contribution in [0.2, 0.25) is 5.02 Å². The van der Waals surface area contributed by atoms with Crippen molar-refractivity contribution in [2.45, 2.75) is 12.8 Å². The zero-order valence-corrected chi connectivity index (χ0v) is 12.0. The highest BCUT2D eigenvalue weighted by Gasteiger charge is 2.28. The Bertz CT molecular complexity index is 490. The van der Waals surface area contributed by atoms with Gasteiger partial charge >= 0.3 is 0 Å². The van der Waals surface area contributed by atoms with Crippen LogP contribution >= 0.6 is 11.6 Å². The Kier molecular flexibility index (Phi) is 4.98. The lowest BCUT2D eigenvalue weighted by Crippen LogP contribution is -2.45. The van der Waals surface area contributed by atoms with Crippen LogP contribution in [0, 0.1) is 5.92 Å². The minimum atomic E-state index is -0.222. The molecular weight excluding hydrogens is 280 g/mol. The fourth-order valence-corrected chi connectivity index (χ4v) is 2.46. The van der Waals surface area contributed by atoms with Crippen molar-refractivity contribution < 1.29 is 14.4 Å². The number of halogens is 1. The van der Waals surface area contributed by atoms with Gasteiger partial charge in [0.1, 0.15) is 0 Å². The lowest BCUT2D eigenvalue weighted by molar-refractivity contribution is -0.136. The molecule has 1 aromatic rings. The number of benzene rings is 1. The van der Waals surface area contributed by atoms with Gasteiger partial charge in [0, 0.05) is 23.7 Å². The normalized spacial score (nSPS) is 18.7. The molecule has 0 aromatic heterocycles. The summed E-state index contributed by atoms with van der Waals surface area (Å²) in [6.07, 6.45) is 1.57. The van der Waals surface area contributed by atoms with Crippen LogP contribution in [0.1, 0.15) is 23.2 Å². The van der Waals surface area contributed by atoms with E-state index in [-0.39, 0.29) is 17.7 Å². The number of hydrogen-bond donors (Lipinski definition) is 1. The summed E-state index contributed by atoms with van der Waals surface area (Å²) in [5.41, 5.74) is 2.91. The zero-order chi connectivity index (χ0) is 14.5. The molecule has 1 atom stereocenters. The first kappa shape index (κ1) is 14.8. The van der Waals surface area contributed by atoms with E-state index in [0.29, 0.717) is 23.7 Å². The van der Waals surface area contributed by atoms with Gasteiger partial charge in [-0.3, -0.25) is 14.4 Å². The summed E-state index contributed by atoms with van der Waals surface area (Å²) in [7, 11) is 1.40. The number of carbonyl (C=O) groups is 2. The van der Waals surface area contributed by atoms with Crippen LogP contribution < -0.4 is 5.48 Å². The second-order valence-electron chi connectivity index (χ2n) is 4.77. The van der Waals surface area contributed by atoms with E-state index in [1.807, 2.05) is 0 Å². The van der Waals surface area contributed by atoms with Crippen molar-refractivity contribution in [3.05, 3.63) is 34.9 Å². The molecule has 0 saturated carbocycles. The smallest absolute Gasteiger partial charge is 0.253 e. The van der Waals surface area contributed by atoms with Gasteiger partial charge in [-0.05, 0) is 37.1 Å². The molecule has 20 heavy (non-hydrogen) atoms. The van der Waals surface area contributed by atoms with Gasteiger partial charge < -0.3 is 4.90 Å². The van der Waals surface area contributed by atoms with E-state index in [2.05, 4.69) is 10.3 Å². The largest absolute Gasteiger partial charge is 0.338 e. The highest BCUT2D eigenvalue weighted by atomic mass is 35.5. The maximum Gasteiger partial charge on any atom is 0.253 e. The van der Waals surface area contributed by atoms with Crippen LogP contribution in [-0.2, 0) is 9.63 Å². The van der Waals surface area contributed by atoms with E-state index in [4.69, 9.17) is 11.6 Å². The Morgan fingerprint density at radius 3 is 2.70 bits per heavy atom. The van der Waals surface area contributed by atoms with Gasteiger partial charge in [0.2, 0.25) is 5.91 Å². The Hall–Kier alpha value is -1.59. The van der Waals surface area contributed by atoms with Gasteiger partial charge in [-0.2, -0.15) is 0 Å². The van der Waals surface area contributed by atoms with E-state index in [1.54, 1.807) is 29.2 Å². The van der Waals surface area contributed by atoms with Gasteiger partial charge in [-0.1, -0.05) is 11.6 Å². The van der Waals surface area contributed by atoms with Crippen molar-refractivity contribution in [1.82, 2.24) is 10.4 Å². The molecule has 1 heterocycles. The predicted octanol–water partition coefficient (Wildman–Crippen LogP) is 1.87. The van der Waals surface area contributed by atoms with Crippen molar-refractivity contribution in [2.75, 3.05) is 20.2 Å². The number of amides is 2. The van der Waals surface area contributed by atoms with Crippen molar-refractivity contribution in [3.63, 3.8) is 0 Å². The third-order valence-electron chi connectivity index (χ3n) is 3.37. The number of nitrogens with zero attached hydrogens (tertiary/aromatic N) is 1. The van der Waals surface area contributed by atoms with Crippen LogP contribution in [0.4, 0.5) is 0 Å². The molecule has 2 rings (SSSR count). The molecule has 1 aliphatic heterocycles. The minimum Gasteiger partial charge on any atom is -0.338 e. The number of rotatable bonds is 3. The minimum absolute atomic E-state index is 0.0726. The summed E-state index contributed by atoms with van der Waals surface area (Å²) < 4.78 is 0. The zero-order valence-electron chi connectivity index (χ0n) is 11.3. The van der Waals surface area contributed by atoms with Crippen LogP contribution in [0.25, 0.3) is 0 Å². The van der Waals surface area contributed by atoms with Crippen molar-refractivity contribution in [3.8, 4) is 0 Å². The molecular formula is C14H17ClN2O3. The summed E-state index contributed by atoms with van der Waals surface area (Å²) in [4.78, 5) is 30.4. The number of piperidine rings is 1. The van der Waals surface area contributed by atoms with Gasteiger partial charge in [-0.15, -0.1) is 0 Å². The number of carbonyl (C=O) groups excluding carboxylic acids is 2. The Balaban J connectivity index is 2.03. The highest BCUT2D eigenvalue weighted by molar-refractivity contribution is 6.30. The molecule has 0 bridgehead atoms. The first-order valence-corrected chi connectivity index (χ1v) is 6.87. The maximum absolute atomic E-state index is 12.4. The number of nitrogens with one attached hydrogen (secondary N) is 1. The number of likely N-dealkylation sites (tertiary alicyclic amines) is 1. The SMILES string of the molecule is CONC(=O)C1CCCN(C(=O)c2ccc(Cl)cc2)C1. The molecule has 0 aliphatic carbocycles. The molecule has 0 radical (unpaired) electrons. The quantitative estimate of drug-likeness (QED) is 0.866. The highest BCUT2D eigenvalue weighted by Crippen LogP contribution is 2.19. The summed E-state index contributed by atoms with van der Waals surface area (Å²) in [5, 5.41) is 0.595. The molecule has 1 unspecified atom stereocenters. The predicted molar refractivity (Wildman–Crippen MR) is 75.2 cm³/mol. The molecule has 1 N–H and O–H groups in total. The van der Waals surface area contributed by atoms with Gasteiger partial charge in [0.05, 0.1) is 13.0 Å². The third kappa shape index (κ3) is 3.49. The van der Waals surface area contributed by atoms with Gasteiger partial charge in [0.25, 0.3) is 5.91 Å². The molecule has 1 fully saturated rings. The average molecular weight is 297 g/mol. The number of hydroxylamine groups is 1. The molecule has 6 heteroatoms. The molecule has 1 aliphatic rings. The van der Waals surface area contributed by atoms with Crippen LogP contribution in [0.5, 0.6) is 0 Å². The molecule has 5 nitrogen and oxygen atoms in total. The van der Waals surface area contributed by atoms with Gasteiger partial charge in [0.15, 0.2) is 0 Å².